The predicted molar refractivity (Wildman–Crippen MR) is 205 cm³/mol. The molecule has 0 aliphatic carbocycles. The van der Waals surface area contributed by atoms with Crippen LogP contribution in [0.5, 0.6) is 0 Å². The van der Waals surface area contributed by atoms with Gasteiger partial charge in [-0.2, -0.15) is 0 Å². The van der Waals surface area contributed by atoms with Crippen LogP contribution in [0, 0.1) is 35.5 Å². The van der Waals surface area contributed by atoms with Crippen molar-refractivity contribution in [2.45, 2.75) is 192 Å². The zero-order chi connectivity index (χ0) is 31.8. The molecule has 0 saturated carbocycles. The Kier molecular flexibility index (Phi) is 48.0. The normalized spacial score (nSPS) is 13.0. The molecule has 0 spiro atoms. The van der Waals surface area contributed by atoms with E-state index >= 15 is 0 Å². The molecule has 0 aliphatic heterocycles. The van der Waals surface area contributed by atoms with Gasteiger partial charge >= 0.3 is 0 Å². The molecule has 0 rings (SSSR count). The molecular weight excluding hydrogens is 540 g/mol. The summed E-state index contributed by atoms with van der Waals surface area (Å²) in [7, 11) is 0. The van der Waals surface area contributed by atoms with Crippen LogP contribution < -0.4 is 0 Å². The summed E-state index contributed by atoms with van der Waals surface area (Å²) in [4.78, 5) is 0. The van der Waals surface area contributed by atoms with Crippen LogP contribution in [0.15, 0.2) is 0 Å². The fourth-order valence-electron chi connectivity index (χ4n) is 7.39. The highest BCUT2D eigenvalue weighted by molar-refractivity contribution is 6.58. The molecule has 0 nitrogen and oxygen atoms in total. The van der Waals surface area contributed by atoms with Crippen molar-refractivity contribution < 1.29 is 0 Å². The van der Waals surface area contributed by atoms with Gasteiger partial charge < -0.3 is 0 Å². The van der Waals surface area contributed by atoms with Gasteiger partial charge in [-0.25, -0.2) is 0 Å². The van der Waals surface area contributed by atoms with Crippen LogP contribution in [0.3, 0.4) is 0 Å². The highest BCUT2D eigenvalue weighted by Gasteiger charge is 2.15. The largest absolute Gasteiger partial charge is 0.261 e. The Labute approximate surface area is 288 Å². The molecule has 3 unspecified atom stereocenters. The quantitative estimate of drug-likeness (QED) is 0.111. The Balaban J connectivity index is -0.000000216. The Morgan fingerprint density at radius 3 is 0.575 bits per heavy atom. The van der Waals surface area contributed by atoms with E-state index in [9.17, 15) is 0 Å². The highest BCUT2D eigenvalue weighted by Crippen LogP contribution is 2.26. The van der Waals surface area contributed by atoms with Crippen LogP contribution in [0.2, 0.25) is 31.7 Å². The van der Waals surface area contributed by atoms with Crippen LogP contribution in [0.1, 0.15) is 160 Å². The van der Waals surface area contributed by atoms with Gasteiger partial charge in [0, 0.05) is 0 Å². The number of hydrogen-bond donors (Lipinski definition) is 0. The van der Waals surface area contributed by atoms with E-state index in [0.717, 1.165) is 35.5 Å². The molecule has 0 aromatic carbocycles. The van der Waals surface area contributed by atoms with Crippen molar-refractivity contribution in [3.8, 4) is 0 Å². The summed E-state index contributed by atoms with van der Waals surface area (Å²) >= 11 is 3.93. The van der Waals surface area contributed by atoms with Gasteiger partial charge in [0.1, 0.15) is 0 Å². The minimum absolute atomic E-state index is 0.234. The summed E-state index contributed by atoms with van der Waals surface area (Å²) in [5, 5.41) is 9.26. The molecule has 0 amide bonds. The average Bonchev–Trinajstić information content (AvgIpc) is 2.98. The third-order valence-electron chi connectivity index (χ3n) is 10.4. The summed E-state index contributed by atoms with van der Waals surface area (Å²) in [5.74, 6) is 6.18. The van der Waals surface area contributed by atoms with Gasteiger partial charge in [0.25, 0.3) is 14.1 Å². The van der Waals surface area contributed by atoms with Crippen molar-refractivity contribution in [3.63, 3.8) is 0 Å². The van der Waals surface area contributed by atoms with Crippen molar-refractivity contribution in [2.24, 2.45) is 35.5 Å². The van der Waals surface area contributed by atoms with Crippen LogP contribution >= 0.6 is 0 Å². The van der Waals surface area contributed by atoms with Crippen molar-refractivity contribution in [3.05, 3.63) is 0 Å². The maximum atomic E-state index is 2.33. The van der Waals surface area contributed by atoms with E-state index in [4.69, 9.17) is 0 Å². The van der Waals surface area contributed by atoms with Crippen molar-refractivity contribution in [1.29, 1.82) is 0 Å². The molecular formula is C36H84Al4. The van der Waals surface area contributed by atoms with Crippen molar-refractivity contribution >= 4 is 63.0 Å². The van der Waals surface area contributed by atoms with Crippen LogP contribution in [-0.4, -0.2) is 63.0 Å². The Bertz CT molecular complexity index is 315. The van der Waals surface area contributed by atoms with E-state index in [-0.39, 0.29) is 14.1 Å². The van der Waals surface area contributed by atoms with Gasteiger partial charge in [-0.15, -0.1) is 0 Å². The first kappa shape index (κ1) is 49.0. The second kappa shape index (κ2) is 39.2. The van der Waals surface area contributed by atoms with E-state index < -0.39 is 0 Å². The van der Waals surface area contributed by atoms with E-state index in [1.54, 1.807) is 15.8 Å². The molecule has 0 bridgehead atoms. The molecule has 240 valence electrons. The van der Waals surface area contributed by atoms with E-state index in [1.165, 1.54) is 142 Å². The molecule has 0 aliphatic rings. The summed E-state index contributed by atoms with van der Waals surface area (Å²) < 4.78 is 0. The standard InChI is InChI=1S/3C9H19.3C3H7.4Al.6H/c3*1-5-8(4)9(6-2)7-3;3*1-3-2;;;;;;;;;;/h3*8-9H,4-7H2,1-3H3;3*1,3H2,2H3;;;;;;;;;;. The Hall–Kier alpha value is 2.13. The first-order valence-corrected chi connectivity index (χ1v) is 25.9. The lowest BCUT2D eigenvalue weighted by molar-refractivity contribution is 0.329. The zero-order valence-electron chi connectivity index (χ0n) is 31.8. The average molecular weight is 625 g/mol. The maximum absolute atomic E-state index is 2.33. The molecule has 40 heavy (non-hydrogen) atoms. The number of rotatable bonds is 21. The van der Waals surface area contributed by atoms with Crippen molar-refractivity contribution in [2.75, 3.05) is 0 Å². The minimum Gasteiger partial charge on any atom is -0.0982 e. The monoisotopic (exact) mass is 625 g/mol. The molecule has 0 aromatic rings. The van der Waals surface area contributed by atoms with Gasteiger partial charge in [0.15, 0.2) is 0 Å². The first-order chi connectivity index (χ1) is 19.2. The van der Waals surface area contributed by atoms with Crippen LogP contribution in [-0.2, 0) is 0 Å². The highest BCUT2D eigenvalue weighted by atomic mass is 27.2. The summed E-state index contributed by atoms with van der Waals surface area (Å²) in [6, 6.07) is 0. The van der Waals surface area contributed by atoms with Gasteiger partial charge in [0.05, 0.1) is 0 Å². The fourth-order valence-corrected chi connectivity index (χ4v) is 14.4. The zero-order valence-corrected chi connectivity index (χ0v) is 38.9. The van der Waals surface area contributed by atoms with Crippen LogP contribution in [0.25, 0.3) is 0 Å². The van der Waals surface area contributed by atoms with Crippen LogP contribution in [0.4, 0.5) is 0 Å². The molecule has 0 N–H and O–H groups in total. The lowest BCUT2D eigenvalue weighted by atomic mass is 9.87. The smallest absolute Gasteiger partial charge is 0.0982 e. The minimum atomic E-state index is -0.234. The summed E-state index contributed by atoms with van der Waals surface area (Å²) in [5.41, 5.74) is 0. The van der Waals surface area contributed by atoms with E-state index in [2.05, 4.69) is 83.1 Å². The molecule has 0 aromatic heterocycles. The third-order valence-corrected chi connectivity index (χ3v) is 17.7. The van der Waals surface area contributed by atoms with E-state index in [1.807, 2.05) is 0 Å². The first-order valence-electron chi connectivity index (χ1n) is 19.2. The summed E-state index contributed by atoms with van der Waals surface area (Å²) in [6.45, 7) is 27.9. The second-order valence-corrected chi connectivity index (χ2v) is 18.6. The van der Waals surface area contributed by atoms with Gasteiger partial charge in [0.2, 0.25) is 48.9 Å². The molecule has 0 heterocycles. The predicted octanol–water partition coefficient (Wildman–Crippen LogP) is 11.2. The molecule has 0 fully saturated rings. The molecule has 0 radical (unpaired) electrons. The SMILES string of the molecule is CCC(CC)C(CC)[CH2][AlH2].CCC(CC)C(CC)[CH2][AlH2].CCC(CC)C(CC)[CH2][AlH2].CC[CH2][Al]([CH2]CC)[CH2]CC. The molecule has 0 saturated heterocycles. The maximum Gasteiger partial charge on any atom is 0.261 e. The molecule has 4 heteroatoms. The second-order valence-electron chi connectivity index (χ2n) is 12.7. The van der Waals surface area contributed by atoms with Gasteiger partial charge in [-0.05, 0) is 17.8 Å². The van der Waals surface area contributed by atoms with E-state index in [0.29, 0.717) is 0 Å². The summed E-state index contributed by atoms with van der Waals surface area (Å²) in [6.07, 6.45) is 16.8. The topological polar surface area (TPSA) is 0 Å². The fraction of sp³-hybridized carbons (Fsp3) is 1.00. The van der Waals surface area contributed by atoms with Gasteiger partial charge in [-0.3, -0.25) is 0 Å². The van der Waals surface area contributed by atoms with Gasteiger partial charge in [-0.1, -0.05) is 210 Å². The molecule has 3 atom stereocenters. The lowest BCUT2D eigenvalue weighted by Crippen LogP contribution is -2.11. The lowest BCUT2D eigenvalue weighted by Gasteiger charge is -2.22. The van der Waals surface area contributed by atoms with Crippen molar-refractivity contribution in [1.82, 2.24) is 0 Å². The Morgan fingerprint density at radius 2 is 0.500 bits per heavy atom. The third kappa shape index (κ3) is 27.7. The Morgan fingerprint density at radius 1 is 0.325 bits per heavy atom. The number of hydrogen-bond acceptors (Lipinski definition) is 0.